The van der Waals surface area contributed by atoms with Crippen LogP contribution < -0.4 is 9.46 Å². The molecule has 29 heavy (non-hydrogen) atoms. The molecule has 1 fully saturated rings. The molecule has 156 valence electrons. The van der Waals surface area contributed by atoms with Gasteiger partial charge in [0, 0.05) is 36.1 Å². The predicted molar refractivity (Wildman–Crippen MR) is 116 cm³/mol. The van der Waals surface area contributed by atoms with Crippen LogP contribution in [0.1, 0.15) is 17.2 Å². The van der Waals surface area contributed by atoms with Gasteiger partial charge in [0.25, 0.3) is 0 Å². The number of nitrogens with zero attached hydrogens (tertiary/aromatic N) is 1. The summed E-state index contributed by atoms with van der Waals surface area (Å²) in [4.78, 5) is 2.23. The highest BCUT2D eigenvalue weighted by Crippen LogP contribution is 2.24. The molecule has 1 atom stereocenters. The van der Waals surface area contributed by atoms with Crippen LogP contribution in [0.5, 0.6) is 5.75 Å². The van der Waals surface area contributed by atoms with Gasteiger partial charge in [0.05, 0.1) is 20.3 Å². The lowest BCUT2D eigenvalue weighted by atomic mass is 10.0. The maximum Gasteiger partial charge on any atom is 0.233 e. The van der Waals surface area contributed by atoms with Crippen molar-refractivity contribution in [3.8, 4) is 5.75 Å². The maximum atomic E-state index is 12.5. The van der Waals surface area contributed by atoms with Crippen molar-refractivity contribution in [3.05, 3.63) is 70.1 Å². The first kappa shape index (κ1) is 21.8. The fourth-order valence-electron chi connectivity index (χ4n) is 3.16. The first-order chi connectivity index (χ1) is 14.0. The molecule has 6 nitrogen and oxygen atoms in total. The Balaban J connectivity index is 1.71. The van der Waals surface area contributed by atoms with E-state index in [2.05, 4.69) is 9.62 Å². The molecule has 0 bridgehead atoms. The zero-order chi connectivity index (χ0) is 20.7. The Morgan fingerprint density at radius 3 is 2.41 bits per heavy atom. The van der Waals surface area contributed by atoms with E-state index in [0.717, 1.165) is 30.0 Å². The van der Waals surface area contributed by atoms with E-state index in [0.29, 0.717) is 18.2 Å². The van der Waals surface area contributed by atoms with Crippen LogP contribution in [0.3, 0.4) is 0 Å². The average Bonchev–Trinajstić information content (AvgIpc) is 2.75. The number of halogens is 1. The van der Waals surface area contributed by atoms with E-state index in [1.807, 2.05) is 24.3 Å². The van der Waals surface area contributed by atoms with Crippen LogP contribution in [0, 0.1) is 0 Å². The first-order valence-electron chi connectivity index (χ1n) is 9.36. The third-order valence-corrected chi connectivity index (χ3v) is 6.09. The fraction of sp³-hybridized carbons (Fsp3) is 0.333. The molecule has 0 spiro atoms. The minimum absolute atomic E-state index is 0.0940. The molecule has 0 amide bonds. The number of rotatable bonds is 8. The second-order valence-corrected chi connectivity index (χ2v) is 8.77. The Morgan fingerprint density at radius 1 is 1.14 bits per heavy atom. The van der Waals surface area contributed by atoms with E-state index in [1.54, 1.807) is 37.5 Å². The average molecular weight is 437 g/mol. The van der Waals surface area contributed by atoms with Gasteiger partial charge in [0.15, 0.2) is 0 Å². The molecule has 0 radical (unpaired) electrons. The first-order valence-corrected chi connectivity index (χ1v) is 11.3. The smallest absolute Gasteiger partial charge is 0.233 e. The molecule has 1 aliphatic heterocycles. The molecule has 0 aromatic heterocycles. The minimum atomic E-state index is -3.59. The summed E-state index contributed by atoms with van der Waals surface area (Å²) >= 11 is 5.86. The number of nitrogens with one attached hydrogen (secondary N) is 1. The second kappa shape index (κ2) is 10.2. The van der Waals surface area contributed by atoms with Gasteiger partial charge < -0.3 is 9.47 Å². The Bertz CT molecular complexity index is 909. The fourth-order valence-corrected chi connectivity index (χ4v) is 4.11. The largest absolute Gasteiger partial charge is 0.497 e. The molecule has 1 N–H and O–H groups in total. The highest BCUT2D eigenvalue weighted by molar-refractivity contribution is 7.92. The number of methoxy groups -OCH3 is 1. The minimum Gasteiger partial charge on any atom is -0.497 e. The molecular formula is C21H25ClN2O4S. The van der Waals surface area contributed by atoms with Crippen LogP contribution in [0.4, 0.5) is 0 Å². The van der Waals surface area contributed by atoms with Crippen molar-refractivity contribution in [2.24, 2.45) is 0 Å². The van der Waals surface area contributed by atoms with E-state index in [4.69, 9.17) is 21.1 Å². The van der Waals surface area contributed by atoms with Crippen molar-refractivity contribution in [3.63, 3.8) is 0 Å². The van der Waals surface area contributed by atoms with Crippen molar-refractivity contribution in [1.82, 2.24) is 9.62 Å². The van der Waals surface area contributed by atoms with Gasteiger partial charge in [-0.25, -0.2) is 13.1 Å². The number of benzene rings is 2. The molecule has 8 heteroatoms. The summed E-state index contributed by atoms with van der Waals surface area (Å²) in [7, 11) is -1.97. The Hall–Kier alpha value is -1.90. The van der Waals surface area contributed by atoms with Gasteiger partial charge >= 0.3 is 0 Å². The summed E-state index contributed by atoms with van der Waals surface area (Å²) in [5.41, 5.74) is 1.79. The number of hydrogen-bond acceptors (Lipinski definition) is 5. The molecule has 1 saturated heterocycles. The Labute approximate surface area is 177 Å². The van der Waals surface area contributed by atoms with E-state index in [-0.39, 0.29) is 12.6 Å². The van der Waals surface area contributed by atoms with Crippen LogP contribution in [-0.4, -0.2) is 53.3 Å². The molecule has 1 unspecified atom stereocenters. The van der Waals surface area contributed by atoms with Gasteiger partial charge in [0.1, 0.15) is 5.75 Å². The van der Waals surface area contributed by atoms with Crippen LogP contribution in [0.2, 0.25) is 5.02 Å². The summed E-state index contributed by atoms with van der Waals surface area (Å²) in [5.74, 6) is 0.765. The Morgan fingerprint density at radius 2 is 1.79 bits per heavy atom. The van der Waals surface area contributed by atoms with E-state index < -0.39 is 10.0 Å². The third-order valence-electron chi connectivity index (χ3n) is 4.77. The van der Waals surface area contributed by atoms with Gasteiger partial charge in [-0.05, 0) is 41.5 Å². The highest BCUT2D eigenvalue weighted by Gasteiger charge is 2.24. The number of hydrogen-bond donors (Lipinski definition) is 1. The molecule has 2 aromatic rings. The molecule has 0 saturated carbocycles. The van der Waals surface area contributed by atoms with Crippen molar-refractivity contribution >= 4 is 27.7 Å². The highest BCUT2D eigenvalue weighted by atomic mass is 35.5. The van der Waals surface area contributed by atoms with Crippen LogP contribution in [0.15, 0.2) is 53.9 Å². The van der Waals surface area contributed by atoms with Gasteiger partial charge in [0.2, 0.25) is 10.0 Å². The molecule has 2 aromatic carbocycles. The lowest BCUT2D eigenvalue weighted by Gasteiger charge is -2.34. The predicted octanol–water partition coefficient (Wildman–Crippen LogP) is 3.31. The number of ether oxygens (including phenoxy) is 2. The zero-order valence-electron chi connectivity index (χ0n) is 16.3. The van der Waals surface area contributed by atoms with Gasteiger partial charge in [-0.2, -0.15) is 0 Å². The molecular weight excluding hydrogens is 412 g/mol. The maximum absolute atomic E-state index is 12.5. The van der Waals surface area contributed by atoms with E-state index in [1.165, 1.54) is 5.41 Å². The van der Waals surface area contributed by atoms with Crippen LogP contribution in [0.25, 0.3) is 6.08 Å². The lowest BCUT2D eigenvalue weighted by molar-refractivity contribution is 0.0172. The SMILES string of the molecule is COc1ccc(C(CNS(=O)(=O)/C=C/c2ccc(Cl)cc2)N2CCOCC2)cc1. The molecule has 3 rings (SSSR count). The van der Waals surface area contributed by atoms with Crippen molar-refractivity contribution in [1.29, 1.82) is 0 Å². The van der Waals surface area contributed by atoms with Crippen molar-refractivity contribution < 1.29 is 17.9 Å². The van der Waals surface area contributed by atoms with Gasteiger partial charge in [-0.15, -0.1) is 0 Å². The number of morpholine rings is 1. The van der Waals surface area contributed by atoms with Gasteiger partial charge in [-0.3, -0.25) is 4.90 Å². The summed E-state index contributed by atoms with van der Waals surface area (Å²) < 4.78 is 38.4. The van der Waals surface area contributed by atoms with E-state index in [9.17, 15) is 8.42 Å². The molecule has 0 aliphatic carbocycles. The van der Waals surface area contributed by atoms with Gasteiger partial charge in [-0.1, -0.05) is 35.9 Å². The summed E-state index contributed by atoms with van der Waals surface area (Å²) in [5, 5.41) is 1.79. The standard InChI is InChI=1S/C21H25ClN2O4S/c1-27-20-8-4-18(5-9-20)21(24-11-13-28-14-12-24)16-23-29(25,26)15-10-17-2-6-19(22)7-3-17/h2-10,15,21,23H,11-14,16H2,1H3/b15-10+. The topological polar surface area (TPSA) is 67.9 Å². The number of sulfonamides is 1. The summed E-state index contributed by atoms with van der Waals surface area (Å²) in [6, 6.07) is 14.6. The van der Waals surface area contributed by atoms with Crippen LogP contribution >= 0.6 is 11.6 Å². The van der Waals surface area contributed by atoms with Crippen molar-refractivity contribution in [2.45, 2.75) is 6.04 Å². The summed E-state index contributed by atoms with van der Waals surface area (Å²) in [6.45, 7) is 3.03. The molecule has 1 aliphatic rings. The van der Waals surface area contributed by atoms with E-state index >= 15 is 0 Å². The Kier molecular flexibility index (Phi) is 7.69. The zero-order valence-corrected chi connectivity index (χ0v) is 17.8. The lowest BCUT2D eigenvalue weighted by Crippen LogP contribution is -2.43. The monoisotopic (exact) mass is 436 g/mol. The normalized spacial score (nSPS) is 16.8. The molecule has 1 heterocycles. The second-order valence-electron chi connectivity index (χ2n) is 6.69. The van der Waals surface area contributed by atoms with Crippen molar-refractivity contribution in [2.75, 3.05) is 40.0 Å². The quantitative estimate of drug-likeness (QED) is 0.687. The summed E-state index contributed by atoms with van der Waals surface area (Å²) in [6.07, 6.45) is 1.55. The van der Waals surface area contributed by atoms with Crippen LogP contribution in [-0.2, 0) is 14.8 Å². The third kappa shape index (κ3) is 6.55.